The molecule has 1 fully saturated rings. The van der Waals surface area contributed by atoms with E-state index in [1.807, 2.05) is 24.3 Å². The number of carbonyl (C=O) groups excluding carboxylic acids is 1. The van der Waals surface area contributed by atoms with E-state index < -0.39 is 24.2 Å². The van der Waals surface area contributed by atoms with Gasteiger partial charge in [-0.15, -0.1) is 0 Å². The van der Waals surface area contributed by atoms with Crippen molar-refractivity contribution < 1.29 is 23.5 Å². The highest BCUT2D eigenvalue weighted by Gasteiger charge is 2.31. The van der Waals surface area contributed by atoms with Gasteiger partial charge in [-0.25, -0.2) is 8.78 Å². The minimum atomic E-state index is -1.85. The fourth-order valence-electron chi connectivity index (χ4n) is 3.71. The number of benzene rings is 1. The molecule has 1 N–H and O–H groups in total. The Morgan fingerprint density at radius 3 is 2.45 bits per heavy atom. The van der Waals surface area contributed by atoms with Crippen LogP contribution in [0.15, 0.2) is 63.9 Å². The quantitative estimate of drug-likeness (QED) is 0.603. The molecule has 31 heavy (non-hydrogen) atoms. The van der Waals surface area contributed by atoms with Crippen LogP contribution in [0.5, 0.6) is 0 Å². The Hall–Kier alpha value is -2.41. The van der Waals surface area contributed by atoms with E-state index >= 15 is 0 Å². The molecule has 1 aromatic rings. The number of halogens is 2. The summed E-state index contributed by atoms with van der Waals surface area (Å²) in [5, 5.41) is 9.04. The number of carboxylic acid groups (broad SMARTS) is 1. The van der Waals surface area contributed by atoms with Gasteiger partial charge in [0.1, 0.15) is 0 Å². The number of thioether (sulfide) groups is 1. The highest BCUT2D eigenvalue weighted by atomic mass is 32.2. The second-order valence-electron chi connectivity index (χ2n) is 8.10. The zero-order chi connectivity index (χ0) is 22.5. The number of carbonyl (C=O) groups is 2. The number of carboxylic acids is 1. The van der Waals surface area contributed by atoms with E-state index in [0.29, 0.717) is 30.8 Å². The van der Waals surface area contributed by atoms with Gasteiger partial charge in [0.05, 0.1) is 5.92 Å². The number of nitrogens with zero attached hydrogens (tertiary/aromatic N) is 1. The van der Waals surface area contributed by atoms with Crippen molar-refractivity contribution in [2.75, 3.05) is 13.1 Å². The largest absolute Gasteiger partial charge is 0.481 e. The van der Waals surface area contributed by atoms with Gasteiger partial charge in [-0.1, -0.05) is 56.0 Å². The summed E-state index contributed by atoms with van der Waals surface area (Å²) in [5.41, 5.74) is 1.20. The number of piperidine rings is 1. The molecule has 1 aliphatic heterocycles. The molecular weight excluding hydrogens is 420 g/mol. The Labute approximate surface area is 185 Å². The van der Waals surface area contributed by atoms with Crippen molar-refractivity contribution in [3.05, 3.63) is 64.6 Å². The van der Waals surface area contributed by atoms with E-state index in [2.05, 4.69) is 13.8 Å². The van der Waals surface area contributed by atoms with Crippen LogP contribution in [0.2, 0.25) is 0 Å². The number of alkyl halides is 2. The average molecular weight is 448 g/mol. The molecule has 1 saturated heterocycles. The lowest BCUT2D eigenvalue weighted by atomic mass is 9.97. The van der Waals surface area contributed by atoms with Crippen LogP contribution < -0.4 is 0 Å². The van der Waals surface area contributed by atoms with Crippen LogP contribution in [0.25, 0.3) is 0 Å². The standard InChI is InChI=1S/C24H27F2NO3S/c1-15(2)18-5-3-4-6-19(18)31-20-9-7-16(22(25)23(20)26)8-10-21(28)27-13-11-17(12-14-27)24(29)30/h3-10,15,17,22-23H,11-14H2,1-2H3,(H,29,30)/b10-8+. The molecule has 166 valence electrons. The third-order valence-corrected chi connectivity index (χ3v) is 6.82. The second kappa shape index (κ2) is 10.3. The zero-order valence-corrected chi connectivity index (χ0v) is 18.4. The lowest BCUT2D eigenvalue weighted by molar-refractivity contribution is -0.144. The topological polar surface area (TPSA) is 57.6 Å². The first kappa shape index (κ1) is 23.3. The molecule has 7 heteroatoms. The monoisotopic (exact) mass is 447 g/mol. The van der Waals surface area contributed by atoms with Crippen molar-refractivity contribution in [1.29, 1.82) is 0 Å². The van der Waals surface area contributed by atoms with Crippen LogP contribution in [0.1, 0.15) is 38.2 Å². The van der Waals surface area contributed by atoms with E-state index in [1.165, 1.54) is 30.0 Å². The minimum absolute atomic E-state index is 0.114. The van der Waals surface area contributed by atoms with Crippen LogP contribution in [-0.2, 0) is 9.59 Å². The summed E-state index contributed by atoms with van der Waals surface area (Å²) >= 11 is 1.24. The van der Waals surface area contributed by atoms with Crippen molar-refractivity contribution in [2.24, 2.45) is 5.92 Å². The third kappa shape index (κ3) is 5.64. The van der Waals surface area contributed by atoms with Gasteiger partial charge in [-0.3, -0.25) is 9.59 Å². The average Bonchev–Trinajstić information content (AvgIpc) is 2.76. The summed E-state index contributed by atoms with van der Waals surface area (Å²) in [4.78, 5) is 26.1. The number of likely N-dealkylation sites (tertiary alicyclic amines) is 1. The summed E-state index contributed by atoms with van der Waals surface area (Å²) < 4.78 is 29.6. The Bertz CT molecular complexity index is 917. The van der Waals surface area contributed by atoms with Gasteiger partial charge >= 0.3 is 5.97 Å². The molecule has 0 saturated carbocycles. The molecule has 2 atom stereocenters. The molecule has 0 bridgehead atoms. The lowest BCUT2D eigenvalue weighted by Crippen LogP contribution is -2.39. The molecule has 2 aliphatic rings. The fraction of sp³-hybridized carbons (Fsp3) is 0.417. The smallest absolute Gasteiger partial charge is 0.306 e. The Balaban J connectivity index is 1.67. The maximum atomic E-state index is 14.8. The van der Waals surface area contributed by atoms with E-state index in [9.17, 15) is 18.4 Å². The summed E-state index contributed by atoms with van der Waals surface area (Å²) in [6.07, 6.45) is 2.81. The second-order valence-corrected chi connectivity index (χ2v) is 9.22. The van der Waals surface area contributed by atoms with Gasteiger partial charge in [-0.05, 0) is 42.0 Å². The van der Waals surface area contributed by atoms with Gasteiger partial charge < -0.3 is 10.0 Å². The Kier molecular flexibility index (Phi) is 7.70. The molecule has 1 amide bonds. The van der Waals surface area contributed by atoms with Crippen LogP contribution in [0.3, 0.4) is 0 Å². The molecule has 0 spiro atoms. The fourth-order valence-corrected chi connectivity index (χ4v) is 4.90. The van der Waals surface area contributed by atoms with Crippen LogP contribution >= 0.6 is 11.8 Å². The van der Waals surface area contributed by atoms with Crippen molar-refractivity contribution in [3.63, 3.8) is 0 Å². The number of hydrogen-bond donors (Lipinski definition) is 1. The Morgan fingerprint density at radius 2 is 1.81 bits per heavy atom. The maximum Gasteiger partial charge on any atom is 0.306 e. The first-order valence-electron chi connectivity index (χ1n) is 10.4. The molecule has 0 aromatic heterocycles. The zero-order valence-electron chi connectivity index (χ0n) is 17.6. The van der Waals surface area contributed by atoms with E-state index in [-0.39, 0.29) is 17.4 Å². The lowest BCUT2D eigenvalue weighted by Gasteiger charge is -2.29. The first-order valence-corrected chi connectivity index (χ1v) is 11.3. The van der Waals surface area contributed by atoms with Crippen LogP contribution in [0, 0.1) is 5.92 Å². The highest BCUT2D eigenvalue weighted by molar-refractivity contribution is 8.03. The number of rotatable bonds is 6. The Morgan fingerprint density at radius 1 is 1.13 bits per heavy atom. The molecule has 2 unspecified atom stereocenters. The molecular formula is C24H27F2NO3S. The highest BCUT2D eigenvalue weighted by Crippen LogP contribution is 2.40. The number of aliphatic carboxylic acids is 1. The molecule has 4 nitrogen and oxygen atoms in total. The molecule has 0 radical (unpaired) electrons. The number of allylic oxidation sites excluding steroid dienone is 5. The maximum absolute atomic E-state index is 14.8. The predicted molar refractivity (Wildman–Crippen MR) is 118 cm³/mol. The molecule has 1 aromatic carbocycles. The van der Waals surface area contributed by atoms with Gasteiger partial charge in [-0.2, -0.15) is 0 Å². The number of amides is 1. The SMILES string of the molecule is CC(C)c1ccccc1SC1=CC=C(/C=C/C(=O)N2CCC(C(=O)O)CC2)C(F)C1F. The molecule has 3 rings (SSSR count). The summed E-state index contributed by atoms with van der Waals surface area (Å²) in [6.45, 7) is 4.81. The van der Waals surface area contributed by atoms with E-state index in [1.54, 1.807) is 11.0 Å². The normalized spacial score (nSPS) is 22.5. The predicted octanol–water partition coefficient (Wildman–Crippen LogP) is 5.28. The molecule has 1 aliphatic carbocycles. The number of hydrogen-bond acceptors (Lipinski definition) is 3. The van der Waals surface area contributed by atoms with Gasteiger partial charge in [0.2, 0.25) is 5.91 Å². The molecule has 1 heterocycles. The van der Waals surface area contributed by atoms with Gasteiger partial charge in [0, 0.05) is 29.0 Å². The third-order valence-electron chi connectivity index (χ3n) is 5.63. The summed E-state index contributed by atoms with van der Waals surface area (Å²) in [5.74, 6) is -1.32. The van der Waals surface area contributed by atoms with Crippen molar-refractivity contribution >= 4 is 23.6 Å². The first-order chi connectivity index (χ1) is 14.8. The van der Waals surface area contributed by atoms with Crippen molar-refractivity contribution in [3.8, 4) is 0 Å². The van der Waals surface area contributed by atoms with Gasteiger partial charge in [0.25, 0.3) is 0 Å². The van der Waals surface area contributed by atoms with Gasteiger partial charge in [0.15, 0.2) is 12.3 Å². The summed E-state index contributed by atoms with van der Waals surface area (Å²) in [6, 6.07) is 7.72. The van der Waals surface area contributed by atoms with Crippen LogP contribution in [-0.4, -0.2) is 47.3 Å². The van der Waals surface area contributed by atoms with Crippen molar-refractivity contribution in [2.45, 2.75) is 49.8 Å². The minimum Gasteiger partial charge on any atom is -0.481 e. The van der Waals surface area contributed by atoms with Crippen molar-refractivity contribution in [1.82, 2.24) is 4.90 Å². The van der Waals surface area contributed by atoms with Crippen LogP contribution in [0.4, 0.5) is 8.78 Å². The van der Waals surface area contributed by atoms with E-state index in [0.717, 1.165) is 10.5 Å². The summed E-state index contributed by atoms with van der Waals surface area (Å²) in [7, 11) is 0. The van der Waals surface area contributed by atoms with E-state index in [4.69, 9.17) is 5.11 Å².